The number of benzene rings is 1. The second kappa shape index (κ2) is 4.17. The van der Waals surface area contributed by atoms with Gasteiger partial charge in [-0.3, -0.25) is 0 Å². The standard InChI is InChI=1S/C11H13FO/c1-8-3-5-10(7-11(8)12)6-4-9(2)13/h3,5,7H,4,6H2,1-2H3. The Labute approximate surface area is 77.6 Å². The van der Waals surface area contributed by atoms with E-state index in [0.29, 0.717) is 18.4 Å². The maximum Gasteiger partial charge on any atom is 0.130 e. The van der Waals surface area contributed by atoms with E-state index in [4.69, 9.17) is 0 Å². The van der Waals surface area contributed by atoms with Crippen molar-refractivity contribution in [2.45, 2.75) is 26.7 Å². The molecule has 0 amide bonds. The third-order valence-corrected chi connectivity index (χ3v) is 2.00. The number of hydrogen-bond acceptors (Lipinski definition) is 1. The van der Waals surface area contributed by atoms with Crippen molar-refractivity contribution in [3.05, 3.63) is 35.1 Å². The van der Waals surface area contributed by atoms with E-state index in [9.17, 15) is 9.18 Å². The van der Waals surface area contributed by atoms with Crippen LogP contribution in [0.3, 0.4) is 0 Å². The number of ketones is 1. The highest BCUT2D eigenvalue weighted by Gasteiger charge is 2.00. The van der Waals surface area contributed by atoms with Crippen molar-refractivity contribution in [1.29, 1.82) is 0 Å². The maximum absolute atomic E-state index is 13.0. The summed E-state index contributed by atoms with van der Waals surface area (Å²) < 4.78 is 13.0. The smallest absolute Gasteiger partial charge is 0.130 e. The Morgan fingerprint density at radius 2 is 2.15 bits per heavy atom. The highest BCUT2D eigenvalue weighted by Crippen LogP contribution is 2.10. The first-order valence-corrected chi connectivity index (χ1v) is 4.34. The van der Waals surface area contributed by atoms with E-state index in [1.165, 1.54) is 6.07 Å². The predicted molar refractivity (Wildman–Crippen MR) is 50.1 cm³/mol. The molecule has 0 bridgehead atoms. The zero-order chi connectivity index (χ0) is 9.84. The average Bonchev–Trinajstić information content (AvgIpc) is 2.07. The van der Waals surface area contributed by atoms with Gasteiger partial charge in [0.15, 0.2) is 0 Å². The van der Waals surface area contributed by atoms with Crippen LogP contribution in [0, 0.1) is 12.7 Å². The molecule has 1 aromatic rings. The van der Waals surface area contributed by atoms with Gasteiger partial charge in [0.25, 0.3) is 0 Å². The fraction of sp³-hybridized carbons (Fsp3) is 0.364. The lowest BCUT2D eigenvalue weighted by atomic mass is 10.1. The summed E-state index contributed by atoms with van der Waals surface area (Å²) in [4.78, 5) is 10.7. The summed E-state index contributed by atoms with van der Waals surface area (Å²) in [6.45, 7) is 3.27. The molecule has 1 aromatic carbocycles. The van der Waals surface area contributed by atoms with E-state index in [0.717, 1.165) is 5.56 Å². The SMILES string of the molecule is CC(=O)CCc1ccc(C)c(F)c1. The van der Waals surface area contributed by atoms with Gasteiger partial charge in [0, 0.05) is 6.42 Å². The van der Waals surface area contributed by atoms with Gasteiger partial charge in [0.1, 0.15) is 11.6 Å². The zero-order valence-electron chi connectivity index (χ0n) is 7.93. The maximum atomic E-state index is 13.0. The third kappa shape index (κ3) is 2.98. The van der Waals surface area contributed by atoms with Crippen LogP contribution in [0.5, 0.6) is 0 Å². The summed E-state index contributed by atoms with van der Waals surface area (Å²) in [7, 11) is 0. The lowest BCUT2D eigenvalue weighted by Crippen LogP contribution is -1.95. The van der Waals surface area contributed by atoms with Crippen LogP contribution in [-0.2, 0) is 11.2 Å². The van der Waals surface area contributed by atoms with Crippen LogP contribution in [0.1, 0.15) is 24.5 Å². The molecule has 0 saturated heterocycles. The summed E-state index contributed by atoms with van der Waals surface area (Å²) in [6, 6.07) is 5.10. The number of hydrogen-bond donors (Lipinski definition) is 0. The Morgan fingerprint density at radius 1 is 1.46 bits per heavy atom. The third-order valence-electron chi connectivity index (χ3n) is 2.00. The van der Waals surface area contributed by atoms with Gasteiger partial charge in [-0.1, -0.05) is 12.1 Å². The highest BCUT2D eigenvalue weighted by atomic mass is 19.1. The predicted octanol–water partition coefficient (Wildman–Crippen LogP) is 2.66. The summed E-state index contributed by atoms with van der Waals surface area (Å²) in [5, 5.41) is 0. The first-order valence-electron chi connectivity index (χ1n) is 4.34. The van der Waals surface area contributed by atoms with Gasteiger partial charge >= 0.3 is 0 Å². The average molecular weight is 180 g/mol. The van der Waals surface area contributed by atoms with Gasteiger partial charge in [0.05, 0.1) is 0 Å². The Balaban J connectivity index is 2.68. The van der Waals surface area contributed by atoms with Crippen LogP contribution in [0.2, 0.25) is 0 Å². The van der Waals surface area contributed by atoms with Crippen molar-refractivity contribution in [2.24, 2.45) is 0 Å². The van der Waals surface area contributed by atoms with Gasteiger partial charge in [-0.15, -0.1) is 0 Å². The minimum atomic E-state index is -0.193. The number of Topliss-reactive ketones (excluding diaryl/α,β-unsaturated/α-hetero) is 1. The molecule has 70 valence electrons. The van der Waals surface area contributed by atoms with E-state index in [1.54, 1.807) is 19.9 Å². The zero-order valence-corrected chi connectivity index (χ0v) is 7.93. The van der Waals surface area contributed by atoms with Crippen molar-refractivity contribution < 1.29 is 9.18 Å². The molecule has 1 nitrogen and oxygen atoms in total. The van der Waals surface area contributed by atoms with E-state index < -0.39 is 0 Å². The Hall–Kier alpha value is -1.18. The molecule has 0 aliphatic rings. The first kappa shape index (κ1) is 9.90. The molecule has 0 unspecified atom stereocenters. The molecule has 0 spiro atoms. The fourth-order valence-corrected chi connectivity index (χ4v) is 1.11. The van der Waals surface area contributed by atoms with Crippen LogP contribution in [-0.4, -0.2) is 5.78 Å². The van der Waals surface area contributed by atoms with Crippen molar-refractivity contribution in [2.75, 3.05) is 0 Å². The number of carbonyl (C=O) groups is 1. The van der Waals surface area contributed by atoms with Gasteiger partial charge < -0.3 is 4.79 Å². The molecule has 2 heteroatoms. The van der Waals surface area contributed by atoms with Crippen molar-refractivity contribution in [3.8, 4) is 0 Å². The molecule has 0 atom stereocenters. The topological polar surface area (TPSA) is 17.1 Å². The second-order valence-corrected chi connectivity index (χ2v) is 3.29. The lowest BCUT2D eigenvalue weighted by Gasteiger charge is -2.01. The minimum absolute atomic E-state index is 0.140. The van der Waals surface area contributed by atoms with Crippen molar-refractivity contribution in [1.82, 2.24) is 0 Å². The van der Waals surface area contributed by atoms with Crippen molar-refractivity contribution >= 4 is 5.78 Å². The molecule has 0 aliphatic carbocycles. The molecule has 0 aliphatic heterocycles. The summed E-state index contributed by atoms with van der Waals surface area (Å²) in [6.07, 6.45) is 1.12. The molecule has 0 heterocycles. The monoisotopic (exact) mass is 180 g/mol. The number of aryl methyl sites for hydroxylation is 2. The van der Waals surface area contributed by atoms with E-state index in [1.807, 2.05) is 6.07 Å². The van der Waals surface area contributed by atoms with Crippen LogP contribution >= 0.6 is 0 Å². The lowest BCUT2D eigenvalue weighted by molar-refractivity contribution is -0.116. The molecule has 0 saturated carbocycles. The van der Waals surface area contributed by atoms with E-state index in [-0.39, 0.29) is 11.6 Å². The molecular formula is C11H13FO. The Morgan fingerprint density at radius 3 is 2.69 bits per heavy atom. The minimum Gasteiger partial charge on any atom is -0.300 e. The quantitative estimate of drug-likeness (QED) is 0.698. The first-order chi connectivity index (χ1) is 6.09. The highest BCUT2D eigenvalue weighted by molar-refractivity contribution is 5.75. The summed E-state index contributed by atoms with van der Waals surface area (Å²) >= 11 is 0. The molecule has 13 heavy (non-hydrogen) atoms. The molecule has 0 aromatic heterocycles. The van der Waals surface area contributed by atoms with Crippen molar-refractivity contribution in [3.63, 3.8) is 0 Å². The summed E-state index contributed by atoms with van der Waals surface area (Å²) in [5.74, 6) is -0.0537. The van der Waals surface area contributed by atoms with Gasteiger partial charge in [-0.25, -0.2) is 4.39 Å². The van der Waals surface area contributed by atoms with E-state index in [2.05, 4.69) is 0 Å². The van der Waals surface area contributed by atoms with Crippen LogP contribution in [0.25, 0.3) is 0 Å². The fourth-order valence-electron chi connectivity index (χ4n) is 1.11. The second-order valence-electron chi connectivity index (χ2n) is 3.29. The van der Waals surface area contributed by atoms with Crippen LogP contribution < -0.4 is 0 Å². The largest absolute Gasteiger partial charge is 0.300 e. The Kier molecular flexibility index (Phi) is 3.18. The molecular weight excluding hydrogens is 167 g/mol. The molecule has 0 fully saturated rings. The number of halogens is 1. The van der Waals surface area contributed by atoms with E-state index >= 15 is 0 Å². The van der Waals surface area contributed by atoms with Crippen LogP contribution in [0.4, 0.5) is 4.39 Å². The van der Waals surface area contributed by atoms with Gasteiger partial charge in [-0.05, 0) is 37.5 Å². The van der Waals surface area contributed by atoms with Crippen LogP contribution in [0.15, 0.2) is 18.2 Å². The normalized spacial score (nSPS) is 10.1. The Bertz CT molecular complexity index is 318. The summed E-state index contributed by atoms with van der Waals surface area (Å²) in [5.41, 5.74) is 1.53. The molecule has 0 radical (unpaired) electrons. The molecule has 1 rings (SSSR count). The van der Waals surface area contributed by atoms with Gasteiger partial charge in [0.2, 0.25) is 0 Å². The molecule has 0 N–H and O–H groups in total. The number of carbonyl (C=O) groups excluding carboxylic acids is 1. The van der Waals surface area contributed by atoms with Gasteiger partial charge in [-0.2, -0.15) is 0 Å². The number of rotatable bonds is 3.